The maximum Gasteiger partial charge on any atom is 0.161 e. The molecular formula is C15H21N3O2S. The summed E-state index contributed by atoms with van der Waals surface area (Å²) in [5.74, 6) is 1.44. The highest BCUT2D eigenvalue weighted by Gasteiger charge is 2.09. The first-order chi connectivity index (χ1) is 10.3. The zero-order valence-corrected chi connectivity index (χ0v) is 13.2. The summed E-state index contributed by atoms with van der Waals surface area (Å²) in [6, 6.07) is 5.84. The lowest BCUT2D eigenvalue weighted by Crippen LogP contribution is -2.24. The van der Waals surface area contributed by atoms with Gasteiger partial charge in [0.1, 0.15) is 0 Å². The van der Waals surface area contributed by atoms with Crippen molar-refractivity contribution >= 4 is 11.3 Å². The number of hydrogen-bond donors (Lipinski definition) is 2. The van der Waals surface area contributed by atoms with Crippen molar-refractivity contribution in [2.24, 2.45) is 5.73 Å². The van der Waals surface area contributed by atoms with Crippen molar-refractivity contribution in [2.45, 2.75) is 6.42 Å². The van der Waals surface area contributed by atoms with Crippen molar-refractivity contribution in [3.8, 4) is 22.8 Å². The van der Waals surface area contributed by atoms with Gasteiger partial charge in [-0.3, -0.25) is 0 Å². The van der Waals surface area contributed by atoms with Crippen LogP contribution in [0.4, 0.5) is 0 Å². The van der Waals surface area contributed by atoms with Gasteiger partial charge < -0.3 is 20.5 Å². The Morgan fingerprint density at radius 3 is 2.71 bits per heavy atom. The van der Waals surface area contributed by atoms with Crippen LogP contribution in [0.25, 0.3) is 11.3 Å². The zero-order chi connectivity index (χ0) is 15.1. The molecule has 0 saturated heterocycles. The molecule has 0 spiro atoms. The number of ether oxygens (including phenoxy) is 2. The molecule has 1 heterocycles. The van der Waals surface area contributed by atoms with E-state index < -0.39 is 0 Å². The average molecular weight is 307 g/mol. The van der Waals surface area contributed by atoms with Crippen LogP contribution in [0.3, 0.4) is 0 Å². The first-order valence-electron chi connectivity index (χ1n) is 6.86. The van der Waals surface area contributed by atoms with Crippen LogP contribution < -0.4 is 20.5 Å². The fourth-order valence-corrected chi connectivity index (χ4v) is 2.78. The van der Waals surface area contributed by atoms with Crippen LogP contribution in [0.5, 0.6) is 11.5 Å². The van der Waals surface area contributed by atoms with Crippen LogP contribution in [0.2, 0.25) is 0 Å². The Labute approximate surface area is 129 Å². The van der Waals surface area contributed by atoms with Crippen molar-refractivity contribution < 1.29 is 9.47 Å². The van der Waals surface area contributed by atoms with Crippen LogP contribution in [0.1, 0.15) is 5.01 Å². The monoisotopic (exact) mass is 307 g/mol. The smallest absolute Gasteiger partial charge is 0.161 e. The second-order valence-corrected chi connectivity index (χ2v) is 5.43. The van der Waals surface area contributed by atoms with Crippen LogP contribution in [0, 0.1) is 0 Å². The molecule has 0 atom stereocenters. The van der Waals surface area contributed by atoms with Crippen molar-refractivity contribution in [1.82, 2.24) is 10.3 Å². The molecule has 0 amide bonds. The Hall–Kier alpha value is -1.63. The van der Waals surface area contributed by atoms with Crippen LogP contribution in [-0.2, 0) is 6.42 Å². The van der Waals surface area contributed by atoms with Gasteiger partial charge in [0.2, 0.25) is 0 Å². The zero-order valence-electron chi connectivity index (χ0n) is 12.4. The third kappa shape index (κ3) is 4.17. The first kappa shape index (κ1) is 15.8. The van der Waals surface area contributed by atoms with Crippen molar-refractivity contribution in [3.05, 3.63) is 28.6 Å². The number of hydrogen-bond acceptors (Lipinski definition) is 6. The summed E-state index contributed by atoms with van der Waals surface area (Å²) in [6.07, 6.45) is 0.915. The molecule has 0 fully saturated rings. The number of benzene rings is 1. The topological polar surface area (TPSA) is 69.4 Å². The number of nitrogens with one attached hydrogen (secondary N) is 1. The van der Waals surface area contributed by atoms with Gasteiger partial charge in [0.05, 0.1) is 24.9 Å². The Balaban J connectivity index is 2.06. The van der Waals surface area contributed by atoms with E-state index in [9.17, 15) is 0 Å². The molecule has 0 unspecified atom stereocenters. The van der Waals surface area contributed by atoms with Gasteiger partial charge in [0, 0.05) is 37.0 Å². The van der Waals surface area contributed by atoms with Crippen LogP contribution in [-0.4, -0.2) is 38.8 Å². The van der Waals surface area contributed by atoms with E-state index in [1.807, 2.05) is 18.2 Å². The molecular weight excluding hydrogens is 286 g/mol. The van der Waals surface area contributed by atoms with Crippen molar-refractivity contribution in [3.63, 3.8) is 0 Å². The number of methoxy groups -OCH3 is 2. The average Bonchev–Trinajstić information content (AvgIpc) is 2.99. The number of nitrogens with zero attached hydrogens (tertiary/aromatic N) is 1. The van der Waals surface area contributed by atoms with E-state index in [-0.39, 0.29) is 0 Å². The van der Waals surface area contributed by atoms with E-state index in [2.05, 4.69) is 15.7 Å². The highest BCUT2D eigenvalue weighted by molar-refractivity contribution is 7.09. The summed E-state index contributed by atoms with van der Waals surface area (Å²) in [4.78, 5) is 4.66. The molecule has 3 N–H and O–H groups in total. The lowest BCUT2D eigenvalue weighted by Gasteiger charge is -2.08. The molecule has 2 rings (SSSR count). The molecule has 0 aliphatic carbocycles. The summed E-state index contributed by atoms with van der Waals surface area (Å²) >= 11 is 1.67. The fraction of sp³-hybridized carbons (Fsp3) is 0.400. The summed E-state index contributed by atoms with van der Waals surface area (Å²) in [5, 5.41) is 6.46. The Bertz CT molecular complexity index is 572. The van der Waals surface area contributed by atoms with Crippen LogP contribution in [0.15, 0.2) is 23.6 Å². The molecule has 0 aliphatic heterocycles. The highest BCUT2D eigenvalue weighted by Crippen LogP contribution is 2.32. The standard InChI is InChI=1S/C15H21N3O2S/c1-19-13-4-3-11(9-14(13)20-2)12-10-21-15(18-12)5-7-17-8-6-16/h3-4,9-10,17H,5-8,16H2,1-2H3. The molecule has 0 aliphatic rings. The van der Waals surface area contributed by atoms with Crippen molar-refractivity contribution in [2.75, 3.05) is 33.9 Å². The lowest BCUT2D eigenvalue weighted by molar-refractivity contribution is 0.355. The van der Waals surface area contributed by atoms with Crippen molar-refractivity contribution in [1.29, 1.82) is 0 Å². The molecule has 1 aromatic carbocycles. The molecule has 6 heteroatoms. The van der Waals surface area contributed by atoms with E-state index in [1.165, 1.54) is 0 Å². The number of rotatable bonds is 8. The number of aromatic nitrogens is 1. The van der Waals surface area contributed by atoms with Gasteiger partial charge in [-0.1, -0.05) is 0 Å². The summed E-state index contributed by atoms with van der Waals surface area (Å²) in [7, 11) is 3.27. The molecule has 1 aromatic heterocycles. The molecule has 5 nitrogen and oxygen atoms in total. The summed E-state index contributed by atoms with van der Waals surface area (Å²) in [5.41, 5.74) is 7.44. The molecule has 0 bridgehead atoms. The quantitative estimate of drug-likeness (QED) is 0.729. The number of thiazole rings is 1. The molecule has 0 radical (unpaired) electrons. The highest BCUT2D eigenvalue weighted by atomic mass is 32.1. The maximum atomic E-state index is 5.44. The minimum absolute atomic E-state index is 0.661. The van der Waals surface area contributed by atoms with Gasteiger partial charge in [-0.15, -0.1) is 11.3 Å². The second-order valence-electron chi connectivity index (χ2n) is 4.48. The van der Waals surface area contributed by atoms with E-state index in [0.717, 1.165) is 41.5 Å². The van der Waals surface area contributed by atoms with Gasteiger partial charge in [0.15, 0.2) is 11.5 Å². The fourth-order valence-electron chi connectivity index (χ4n) is 1.98. The molecule has 2 aromatic rings. The predicted molar refractivity (Wildman–Crippen MR) is 86.3 cm³/mol. The summed E-state index contributed by atoms with van der Waals surface area (Å²) < 4.78 is 10.6. The van der Waals surface area contributed by atoms with E-state index in [0.29, 0.717) is 12.3 Å². The molecule has 114 valence electrons. The van der Waals surface area contributed by atoms with Gasteiger partial charge in [-0.2, -0.15) is 0 Å². The van der Waals surface area contributed by atoms with Gasteiger partial charge in [-0.25, -0.2) is 4.98 Å². The molecule has 0 saturated carbocycles. The minimum Gasteiger partial charge on any atom is -0.493 e. The van der Waals surface area contributed by atoms with E-state index >= 15 is 0 Å². The largest absolute Gasteiger partial charge is 0.493 e. The Morgan fingerprint density at radius 2 is 2.00 bits per heavy atom. The first-order valence-corrected chi connectivity index (χ1v) is 7.74. The third-order valence-electron chi connectivity index (χ3n) is 3.07. The summed E-state index contributed by atoms with van der Waals surface area (Å²) in [6.45, 7) is 2.40. The van der Waals surface area contributed by atoms with E-state index in [4.69, 9.17) is 15.2 Å². The SMILES string of the molecule is COc1ccc(-c2csc(CCNCCN)n2)cc1OC. The predicted octanol–water partition coefficient (Wildman–Crippen LogP) is 1.92. The Morgan fingerprint density at radius 1 is 1.19 bits per heavy atom. The number of nitrogens with two attached hydrogens (primary N) is 1. The van der Waals surface area contributed by atoms with Gasteiger partial charge in [-0.05, 0) is 18.2 Å². The van der Waals surface area contributed by atoms with E-state index in [1.54, 1.807) is 25.6 Å². The second kappa shape index (κ2) is 7.97. The van der Waals surface area contributed by atoms with Gasteiger partial charge in [0.25, 0.3) is 0 Å². The van der Waals surface area contributed by atoms with Gasteiger partial charge >= 0.3 is 0 Å². The molecule has 21 heavy (non-hydrogen) atoms. The normalized spacial score (nSPS) is 10.6. The Kier molecular flexibility index (Phi) is 5.98. The van der Waals surface area contributed by atoms with Crippen LogP contribution >= 0.6 is 11.3 Å². The minimum atomic E-state index is 0.661. The maximum absolute atomic E-state index is 5.44. The third-order valence-corrected chi connectivity index (χ3v) is 3.98. The lowest BCUT2D eigenvalue weighted by atomic mass is 10.1.